The Bertz CT molecular complexity index is 1130. The van der Waals surface area contributed by atoms with Crippen molar-refractivity contribution in [2.24, 2.45) is 5.92 Å². The number of amides is 2. The number of aromatic amines is 1. The number of nitrogens with one attached hydrogen (secondary N) is 2. The van der Waals surface area contributed by atoms with Gasteiger partial charge in [-0.15, -0.1) is 0 Å². The first-order valence-electron chi connectivity index (χ1n) is 10.9. The average Bonchev–Trinajstić information content (AvgIpc) is 3.21. The van der Waals surface area contributed by atoms with Gasteiger partial charge >= 0.3 is 0 Å². The van der Waals surface area contributed by atoms with Gasteiger partial charge in [0.2, 0.25) is 5.91 Å². The molecule has 31 heavy (non-hydrogen) atoms. The Morgan fingerprint density at radius 1 is 1.06 bits per heavy atom. The molecule has 5 nitrogen and oxygen atoms in total. The SMILES string of the molecule is Cc1ccc(C(=O)N[C@@H](C(=O)N2CC=C(c3c[nH]c4ccccc34)CC2)C(C)C)cc1. The molecule has 0 radical (unpaired) electrons. The van der Waals surface area contributed by atoms with Crippen LogP contribution >= 0.6 is 0 Å². The third kappa shape index (κ3) is 4.41. The number of aryl methyl sites for hydroxylation is 1. The van der Waals surface area contributed by atoms with E-state index in [-0.39, 0.29) is 17.7 Å². The minimum absolute atomic E-state index is 0.000826. The van der Waals surface area contributed by atoms with E-state index in [1.807, 2.05) is 56.1 Å². The molecule has 1 aliphatic rings. The first-order chi connectivity index (χ1) is 14.9. The van der Waals surface area contributed by atoms with Crippen molar-refractivity contribution >= 4 is 28.3 Å². The van der Waals surface area contributed by atoms with Crippen molar-refractivity contribution in [3.05, 3.63) is 77.5 Å². The lowest BCUT2D eigenvalue weighted by atomic mass is 9.97. The van der Waals surface area contributed by atoms with Crippen molar-refractivity contribution in [1.29, 1.82) is 0 Å². The standard InChI is InChI=1S/C26H29N3O2/c1-17(2)24(28-25(30)20-10-8-18(3)9-11-20)26(31)29-14-12-19(13-15-29)22-16-27-23-7-5-4-6-21(22)23/h4-12,16-17,24,27H,13-15H2,1-3H3,(H,28,30)/t24-/m1/s1. The highest BCUT2D eigenvalue weighted by Crippen LogP contribution is 2.29. The molecule has 3 aromatic rings. The van der Waals surface area contributed by atoms with Crippen molar-refractivity contribution < 1.29 is 9.59 Å². The fourth-order valence-electron chi connectivity index (χ4n) is 4.09. The monoisotopic (exact) mass is 415 g/mol. The molecule has 0 bridgehead atoms. The predicted octanol–water partition coefficient (Wildman–Crippen LogP) is 4.55. The molecule has 4 rings (SSSR count). The molecule has 2 amide bonds. The van der Waals surface area contributed by atoms with Crippen LogP contribution in [-0.2, 0) is 4.79 Å². The Morgan fingerprint density at radius 2 is 1.81 bits per heavy atom. The number of carbonyl (C=O) groups is 2. The third-order valence-corrected chi connectivity index (χ3v) is 5.99. The summed E-state index contributed by atoms with van der Waals surface area (Å²) in [5.41, 5.74) is 5.25. The van der Waals surface area contributed by atoms with Crippen molar-refractivity contribution in [2.75, 3.05) is 13.1 Å². The molecule has 1 aliphatic heterocycles. The predicted molar refractivity (Wildman–Crippen MR) is 125 cm³/mol. The van der Waals surface area contributed by atoms with Crippen LogP contribution in [0.2, 0.25) is 0 Å². The van der Waals surface area contributed by atoms with Gasteiger partial charge in [0.1, 0.15) is 6.04 Å². The summed E-state index contributed by atoms with van der Waals surface area (Å²) in [6, 6.07) is 15.1. The first kappa shape index (κ1) is 20.9. The maximum Gasteiger partial charge on any atom is 0.251 e. The van der Waals surface area contributed by atoms with Crippen LogP contribution in [0.1, 0.15) is 41.8 Å². The van der Waals surface area contributed by atoms with Gasteiger partial charge in [-0.2, -0.15) is 0 Å². The summed E-state index contributed by atoms with van der Waals surface area (Å²) >= 11 is 0. The van der Waals surface area contributed by atoms with E-state index in [1.54, 1.807) is 12.1 Å². The molecule has 0 unspecified atom stereocenters. The third-order valence-electron chi connectivity index (χ3n) is 5.99. The van der Waals surface area contributed by atoms with Gasteiger partial charge in [-0.25, -0.2) is 0 Å². The second-order valence-electron chi connectivity index (χ2n) is 8.57. The highest BCUT2D eigenvalue weighted by Gasteiger charge is 2.30. The quantitative estimate of drug-likeness (QED) is 0.642. The molecular formula is C26H29N3O2. The summed E-state index contributed by atoms with van der Waals surface area (Å²) in [7, 11) is 0. The minimum atomic E-state index is -0.545. The Balaban J connectivity index is 1.46. The van der Waals surface area contributed by atoms with Crippen molar-refractivity contribution in [3.63, 3.8) is 0 Å². The van der Waals surface area contributed by atoms with E-state index < -0.39 is 6.04 Å². The number of rotatable bonds is 5. The van der Waals surface area contributed by atoms with Gasteiger partial charge in [0.25, 0.3) is 5.91 Å². The normalized spacial score (nSPS) is 15.1. The van der Waals surface area contributed by atoms with Crippen molar-refractivity contribution in [3.8, 4) is 0 Å². The molecule has 2 N–H and O–H groups in total. The summed E-state index contributed by atoms with van der Waals surface area (Å²) in [4.78, 5) is 31.1. The molecule has 160 valence electrons. The Hall–Kier alpha value is -3.34. The number of H-pyrrole nitrogens is 1. The Morgan fingerprint density at radius 3 is 2.48 bits per heavy atom. The molecular weight excluding hydrogens is 386 g/mol. The zero-order chi connectivity index (χ0) is 22.0. The fourth-order valence-corrected chi connectivity index (χ4v) is 4.09. The minimum Gasteiger partial charge on any atom is -0.361 e. The van der Waals surface area contributed by atoms with Crippen LogP contribution in [0.25, 0.3) is 16.5 Å². The molecule has 0 aliphatic carbocycles. The topological polar surface area (TPSA) is 65.2 Å². The van der Waals surface area contributed by atoms with Gasteiger partial charge in [-0.3, -0.25) is 9.59 Å². The van der Waals surface area contributed by atoms with E-state index in [9.17, 15) is 9.59 Å². The molecule has 0 fully saturated rings. The number of fused-ring (bicyclic) bond motifs is 1. The molecule has 0 spiro atoms. The molecule has 0 saturated carbocycles. The number of hydrogen-bond donors (Lipinski definition) is 2. The van der Waals surface area contributed by atoms with Gasteiger partial charge in [0.05, 0.1) is 0 Å². The number of nitrogens with zero attached hydrogens (tertiary/aromatic N) is 1. The van der Waals surface area contributed by atoms with Crippen LogP contribution in [0.3, 0.4) is 0 Å². The maximum absolute atomic E-state index is 13.2. The lowest BCUT2D eigenvalue weighted by Crippen LogP contribution is -2.52. The first-order valence-corrected chi connectivity index (χ1v) is 10.9. The van der Waals surface area contributed by atoms with Gasteiger partial charge in [-0.05, 0) is 43.0 Å². The largest absolute Gasteiger partial charge is 0.361 e. The van der Waals surface area contributed by atoms with Gasteiger partial charge in [-0.1, -0.05) is 55.8 Å². The van der Waals surface area contributed by atoms with Crippen LogP contribution in [-0.4, -0.2) is 40.8 Å². The van der Waals surface area contributed by atoms with Crippen molar-refractivity contribution in [1.82, 2.24) is 15.2 Å². The molecule has 2 heterocycles. The zero-order valence-electron chi connectivity index (χ0n) is 18.3. The lowest BCUT2D eigenvalue weighted by Gasteiger charge is -2.32. The molecule has 1 atom stereocenters. The highest BCUT2D eigenvalue weighted by atomic mass is 16.2. The van der Waals surface area contributed by atoms with Crippen LogP contribution in [0.5, 0.6) is 0 Å². The van der Waals surface area contributed by atoms with E-state index in [1.165, 1.54) is 16.5 Å². The number of para-hydroxylation sites is 1. The van der Waals surface area contributed by atoms with Gasteiger partial charge < -0.3 is 15.2 Å². The molecule has 0 saturated heterocycles. The van der Waals surface area contributed by atoms with Gasteiger partial charge in [0.15, 0.2) is 0 Å². The second kappa shape index (κ2) is 8.80. The lowest BCUT2D eigenvalue weighted by molar-refractivity contribution is -0.133. The summed E-state index contributed by atoms with van der Waals surface area (Å²) in [5.74, 6) is -0.232. The number of carbonyl (C=O) groups excluding carboxylic acids is 2. The summed E-state index contributed by atoms with van der Waals surface area (Å²) < 4.78 is 0. The summed E-state index contributed by atoms with van der Waals surface area (Å²) in [6.07, 6.45) is 4.98. The fraction of sp³-hybridized carbons (Fsp3) is 0.308. The zero-order valence-corrected chi connectivity index (χ0v) is 18.3. The molecule has 5 heteroatoms. The second-order valence-corrected chi connectivity index (χ2v) is 8.57. The average molecular weight is 416 g/mol. The van der Waals surface area contributed by atoms with Crippen molar-refractivity contribution in [2.45, 2.75) is 33.2 Å². The number of hydrogen-bond acceptors (Lipinski definition) is 2. The van der Waals surface area contributed by atoms with E-state index >= 15 is 0 Å². The van der Waals surface area contributed by atoms with Crippen LogP contribution in [0, 0.1) is 12.8 Å². The Kier molecular flexibility index (Phi) is 5.94. The number of aromatic nitrogens is 1. The molecule has 2 aromatic carbocycles. The van der Waals surface area contributed by atoms with Crippen LogP contribution in [0.15, 0.2) is 60.8 Å². The number of benzene rings is 2. The van der Waals surface area contributed by atoms with E-state index in [4.69, 9.17) is 0 Å². The maximum atomic E-state index is 13.2. The van der Waals surface area contributed by atoms with Gasteiger partial charge in [0, 0.05) is 41.3 Å². The van der Waals surface area contributed by atoms with E-state index in [2.05, 4.69) is 28.5 Å². The smallest absolute Gasteiger partial charge is 0.251 e. The Labute approximate surface area is 183 Å². The van der Waals surface area contributed by atoms with E-state index in [0.29, 0.717) is 18.7 Å². The summed E-state index contributed by atoms with van der Waals surface area (Å²) in [5, 5.41) is 4.16. The van der Waals surface area contributed by atoms with E-state index in [0.717, 1.165) is 17.5 Å². The summed E-state index contributed by atoms with van der Waals surface area (Å²) in [6.45, 7) is 7.12. The van der Waals surface area contributed by atoms with Crippen LogP contribution in [0.4, 0.5) is 0 Å². The highest BCUT2D eigenvalue weighted by molar-refractivity contribution is 5.98. The molecule has 1 aromatic heterocycles. The van der Waals surface area contributed by atoms with Crippen LogP contribution < -0.4 is 5.32 Å².